The molecule has 2 rings (SSSR count). The molecular formula is C13H16FNO2. The zero-order chi connectivity index (χ0) is 12.3. The van der Waals surface area contributed by atoms with E-state index in [2.05, 4.69) is 5.32 Å². The maximum atomic E-state index is 12.7. The van der Waals surface area contributed by atoms with Crippen LogP contribution < -0.4 is 5.32 Å². The molecule has 0 spiro atoms. The van der Waals surface area contributed by atoms with E-state index in [-0.39, 0.29) is 17.8 Å². The lowest BCUT2D eigenvalue weighted by Gasteiger charge is -2.28. The average Bonchev–Trinajstić information content (AvgIpc) is 2.33. The lowest BCUT2D eigenvalue weighted by molar-refractivity contribution is 0.0717. The number of nitrogens with one attached hydrogen (secondary N) is 1. The second-order valence-electron chi connectivity index (χ2n) is 4.44. The summed E-state index contributed by atoms with van der Waals surface area (Å²) < 4.78 is 12.7. The van der Waals surface area contributed by atoms with Gasteiger partial charge in [0.15, 0.2) is 0 Å². The summed E-state index contributed by atoms with van der Waals surface area (Å²) >= 11 is 0. The number of benzene rings is 1. The monoisotopic (exact) mass is 237 g/mol. The second kappa shape index (κ2) is 5.27. The molecule has 92 valence electrons. The van der Waals surface area contributed by atoms with E-state index >= 15 is 0 Å². The van der Waals surface area contributed by atoms with Gasteiger partial charge in [0.2, 0.25) is 0 Å². The summed E-state index contributed by atoms with van der Waals surface area (Å²) in [4.78, 5) is 11.8. The number of carbonyl (C=O) groups is 1. The van der Waals surface area contributed by atoms with E-state index in [0.717, 1.165) is 25.7 Å². The van der Waals surface area contributed by atoms with Crippen LogP contribution in [0.2, 0.25) is 0 Å². The van der Waals surface area contributed by atoms with Crippen LogP contribution in [0.15, 0.2) is 24.3 Å². The van der Waals surface area contributed by atoms with Crippen LogP contribution in [0.25, 0.3) is 0 Å². The van der Waals surface area contributed by atoms with E-state index in [9.17, 15) is 14.3 Å². The third-order valence-corrected chi connectivity index (χ3v) is 3.15. The van der Waals surface area contributed by atoms with Gasteiger partial charge < -0.3 is 10.4 Å². The molecule has 1 aliphatic carbocycles. The van der Waals surface area contributed by atoms with Crippen LogP contribution in [0.4, 0.5) is 4.39 Å². The molecule has 2 atom stereocenters. The molecule has 1 fully saturated rings. The SMILES string of the molecule is O=C(N[C@@H]1CCCC[C@H]1O)c1ccc(F)cc1. The molecule has 0 heterocycles. The minimum Gasteiger partial charge on any atom is -0.391 e. The minimum absolute atomic E-state index is 0.179. The van der Waals surface area contributed by atoms with Crippen molar-refractivity contribution in [2.24, 2.45) is 0 Å². The van der Waals surface area contributed by atoms with Gasteiger partial charge in [0, 0.05) is 5.56 Å². The Labute approximate surface area is 99.7 Å². The van der Waals surface area contributed by atoms with E-state index in [1.807, 2.05) is 0 Å². The van der Waals surface area contributed by atoms with Gasteiger partial charge in [-0.1, -0.05) is 12.8 Å². The summed E-state index contributed by atoms with van der Waals surface area (Å²) in [6, 6.07) is 5.22. The molecule has 1 amide bonds. The first kappa shape index (κ1) is 12.0. The van der Waals surface area contributed by atoms with Gasteiger partial charge in [0.25, 0.3) is 5.91 Å². The Kier molecular flexibility index (Phi) is 3.74. The summed E-state index contributed by atoms with van der Waals surface area (Å²) in [7, 11) is 0. The van der Waals surface area contributed by atoms with Crippen molar-refractivity contribution in [3.05, 3.63) is 35.6 Å². The highest BCUT2D eigenvalue weighted by molar-refractivity contribution is 5.94. The Bertz CT molecular complexity index is 391. The number of amides is 1. The molecule has 1 aliphatic rings. The van der Waals surface area contributed by atoms with Gasteiger partial charge >= 0.3 is 0 Å². The zero-order valence-corrected chi connectivity index (χ0v) is 9.53. The fraction of sp³-hybridized carbons (Fsp3) is 0.462. The fourth-order valence-corrected chi connectivity index (χ4v) is 2.13. The molecule has 0 saturated heterocycles. The molecule has 2 N–H and O–H groups in total. The topological polar surface area (TPSA) is 49.3 Å². The molecule has 1 saturated carbocycles. The molecule has 0 bridgehead atoms. The van der Waals surface area contributed by atoms with Gasteiger partial charge in [-0.05, 0) is 37.1 Å². The van der Waals surface area contributed by atoms with Crippen molar-refractivity contribution in [3.63, 3.8) is 0 Å². The highest BCUT2D eigenvalue weighted by atomic mass is 19.1. The molecule has 0 aromatic heterocycles. The van der Waals surface area contributed by atoms with Gasteiger partial charge in [0.1, 0.15) is 5.82 Å². The lowest BCUT2D eigenvalue weighted by Crippen LogP contribution is -2.45. The van der Waals surface area contributed by atoms with Crippen LogP contribution in [0.3, 0.4) is 0 Å². The van der Waals surface area contributed by atoms with Crippen molar-refractivity contribution in [1.82, 2.24) is 5.32 Å². The summed E-state index contributed by atoms with van der Waals surface area (Å²) in [5.74, 6) is -0.616. The predicted octanol–water partition coefficient (Wildman–Crippen LogP) is 1.86. The zero-order valence-electron chi connectivity index (χ0n) is 9.53. The van der Waals surface area contributed by atoms with Crippen molar-refractivity contribution in [3.8, 4) is 0 Å². The maximum Gasteiger partial charge on any atom is 0.251 e. The summed E-state index contributed by atoms with van der Waals surface area (Å²) in [5, 5.41) is 12.5. The molecule has 3 nitrogen and oxygen atoms in total. The van der Waals surface area contributed by atoms with E-state index in [4.69, 9.17) is 0 Å². The van der Waals surface area contributed by atoms with Crippen LogP contribution in [0.1, 0.15) is 36.0 Å². The van der Waals surface area contributed by atoms with Crippen molar-refractivity contribution >= 4 is 5.91 Å². The van der Waals surface area contributed by atoms with Crippen LogP contribution in [0.5, 0.6) is 0 Å². The van der Waals surface area contributed by atoms with Gasteiger partial charge in [-0.25, -0.2) is 4.39 Å². The van der Waals surface area contributed by atoms with Gasteiger partial charge in [-0.3, -0.25) is 4.79 Å². The number of aliphatic hydroxyl groups is 1. The van der Waals surface area contributed by atoms with Crippen LogP contribution in [-0.4, -0.2) is 23.2 Å². The summed E-state index contributed by atoms with van der Waals surface area (Å²) in [6.07, 6.45) is 3.09. The average molecular weight is 237 g/mol. The van der Waals surface area contributed by atoms with Crippen molar-refractivity contribution in [1.29, 1.82) is 0 Å². The largest absolute Gasteiger partial charge is 0.391 e. The Hall–Kier alpha value is -1.42. The fourth-order valence-electron chi connectivity index (χ4n) is 2.13. The quantitative estimate of drug-likeness (QED) is 0.824. The number of hydrogen-bond acceptors (Lipinski definition) is 2. The Morgan fingerprint density at radius 2 is 1.88 bits per heavy atom. The highest BCUT2D eigenvalue weighted by Gasteiger charge is 2.24. The summed E-state index contributed by atoms with van der Waals surface area (Å²) in [6.45, 7) is 0. The smallest absolute Gasteiger partial charge is 0.251 e. The van der Waals surface area contributed by atoms with Gasteiger partial charge in [-0.2, -0.15) is 0 Å². The molecule has 1 aromatic carbocycles. The molecule has 1 aromatic rings. The number of halogens is 1. The Morgan fingerprint density at radius 3 is 2.53 bits per heavy atom. The number of rotatable bonds is 2. The number of carbonyl (C=O) groups excluding carboxylic acids is 1. The van der Waals surface area contributed by atoms with E-state index < -0.39 is 6.10 Å². The first-order valence-corrected chi connectivity index (χ1v) is 5.91. The van der Waals surface area contributed by atoms with E-state index in [1.54, 1.807) is 0 Å². The number of hydrogen-bond donors (Lipinski definition) is 2. The van der Waals surface area contributed by atoms with Crippen LogP contribution in [0, 0.1) is 5.82 Å². The number of aliphatic hydroxyl groups excluding tert-OH is 1. The third-order valence-electron chi connectivity index (χ3n) is 3.15. The van der Waals surface area contributed by atoms with Crippen LogP contribution >= 0.6 is 0 Å². The van der Waals surface area contributed by atoms with E-state index in [0.29, 0.717) is 5.56 Å². The van der Waals surface area contributed by atoms with Crippen molar-refractivity contribution in [2.75, 3.05) is 0 Å². The molecule has 0 aliphatic heterocycles. The third kappa shape index (κ3) is 3.03. The maximum absolute atomic E-state index is 12.7. The van der Waals surface area contributed by atoms with Crippen LogP contribution in [-0.2, 0) is 0 Å². The Morgan fingerprint density at radius 1 is 1.24 bits per heavy atom. The molecule has 0 radical (unpaired) electrons. The Balaban J connectivity index is 1.98. The second-order valence-corrected chi connectivity index (χ2v) is 4.44. The van der Waals surface area contributed by atoms with E-state index in [1.165, 1.54) is 24.3 Å². The molecular weight excluding hydrogens is 221 g/mol. The molecule has 0 unspecified atom stereocenters. The first-order valence-electron chi connectivity index (χ1n) is 5.91. The van der Waals surface area contributed by atoms with Gasteiger partial charge in [-0.15, -0.1) is 0 Å². The summed E-state index contributed by atoms with van der Waals surface area (Å²) in [5.41, 5.74) is 0.421. The normalized spacial score (nSPS) is 24.4. The van der Waals surface area contributed by atoms with Crippen molar-refractivity contribution in [2.45, 2.75) is 37.8 Å². The van der Waals surface area contributed by atoms with Crippen molar-refractivity contribution < 1.29 is 14.3 Å². The first-order chi connectivity index (χ1) is 8.16. The minimum atomic E-state index is -0.465. The predicted molar refractivity (Wildman–Crippen MR) is 62.1 cm³/mol. The standard InChI is InChI=1S/C13H16FNO2/c14-10-7-5-9(6-8-10)13(17)15-11-3-1-2-4-12(11)16/h5-8,11-12,16H,1-4H2,(H,15,17)/t11-,12-/m1/s1. The lowest BCUT2D eigenvalue weighted by atomic mass is 9.92. The molecule has 17 heavy (non-hydrogen) atoms. The molecule has 4 heteroatoms. The van der Waals surface area contributed by atoms with Gasteiger partial charge in [0.05, 0.1) is 12.1 Å². The highest BCUT2D eigenvalue weighted by Crippen LogP contribution is 2.18.